The van der Waals surface area contributed by atoms with E-state index in [2.05, 4.69) is 0 Å². The van der Waals surface area contributed by atoms with Gasteiger partial charge in [-0.2, -0.15) is 0 Å². The first-order valence-electron chi connectivity index (χ1n) is 5.90. The Balaban J connectivity index is 2.76. The van der Waals surface area contributed by atoms with Gasteiger partial charge in [0.25, 0.3) is 0 Å². The Morgan fingerprint density at radius 1 is 1.39 bits per heavy atom. The minimum atomic E-state index is -0.915. The molecular weight excluding hydrogens is 250 g/mol. The fourth-order valence-corrected chi connectivity index (χ4v) is 2.36. The number of rotatable bonds is 3. The van der Waals surface area contributed by atoms with Crippen molar-refractivity contribution in [3.63, 3.8) is 0 Å². The van der Waals surface area contributed by atoms with Gasteiger partial charge in [0.1, 0.15) is 5.41 Å². The lowest BCUT2D eigenvalue weighted by Crippen LogP contribution is -2.31. The van der Waals surface area contributed by atoms with E-state index in [0.717, 1.165) is 23.1 Å². The summed E-state index contributed by atoms with van der Waals surface area (Å²) < 4.78 is 2.01. The molecule has 1 N–H and O–H groups in total. The number of hydrogen-bond donors (Lipinski definition) is 1. The standard InChI is InChI=1S/C14H16ClNO2/c1-4-16-11-8-10(15)6-5-9(11)7-12(16)14(2,3)13(17)18/h5-8H,4H2,1-3H3,(H,17,18). The van der Waals surface area contributed by atoms with E-state index >= 15 is 0 Å². The van der Waals surface area contributed by atoms with Crippen molar-refractivity contribution in [1.29, 1.82) is 0 Å². The van der Waals surface area contributed by atoms with E-state index in [-0.39, 0.29) is 0 Å². The molecule has 0 unspecified atom stereocenters. The zero-order valence-electron chi connectivity index (χ0n) is 10.7. The van der Waals surface area contributed by atoms with Crippen LogP contribution in [0.2, 0.25) is 5.02 Å². The number of halogens is 1. The van der Waals surface area contributed by atoms with E-state index in [0.29, 0.717) is 5.02 Å². The number of fused-ring (bicyclic) bond motifs is 1. The zero-order chi connectivity index (χ0) is 13.5. The van der Waals surface area contributed by atoms with Crippen molar-refractivity contribution in [2.24, 2.45) is 0 Å². The Morgan fingerprint density at radius 2 is 2.06 bits per heavy atom. The number of carbonyl (C=O) groups is 1. The summed E-state index contributed by atoms with van der Waals surface area (Å²) in [6, 6.07) is 7.55. The van der Waals surface area contributed by atoms with Crippen LogP contribution >= 0.6 is 11.6 Å². The second-order valence-electron chi connectivity index (χ2n) is 4.91. The molecule has 1 aromatic carbocycles. The van der Waals surface area contributed by atoms with Crippen molar-refractivity contribution in [2.45, 2.75) is 32.7 Å². The van der Waals surface area contributed by atoms with Crippen LogP contribution in [0.5, 0.6) is 0 Å². The molecule has 0 bridgehead atoms. The summed E-state index contributed by atoms with van der Waals surface area (Å²) in [7, 11) is 0. The Bertz CT molecular complexity index is 614. The molecule has 1 heterocycles. The zero-order valence-corrected chi connectivity index (χ0v) is 11.5. The molecule has 96 valence electrons. The first kappa shape index (κ1) is 13.0. The highest BCUT2D eigenvalue weighted by Crippen LogP contribution is 2.31. The van der Waals surface area contributed by atoms with Gasteiger partial charge < -0.3 is 9.67 Å². The van der Waals surface area contributed by atoms with Crippen LogP contribution in [0.4, 0.5) is 0 Å². The molecule has 1 aromatic heterocycles. The lowest BCUT2D eigenvalue weighted by Gasteiger charge is -2.21. The highest BCUT2D eigenvalue weighted by Gasteiger charge is 2.33. The van der Waals surface area contributed by atoms with Crippen LogP contribution in [0.15, 0.2) is 24.3 Å². The predicted octanol–water partition coefficient (Wildman–Crippen LogP) is 3.68. The molecule has 0 saturated carbocycles. The van der Waals surface area contributed by atoms with Crippen LogP contribution in [0.25, 0.3) is 10.9 Å². The Kier molecular flexibility index (Phi) is 3.11. The van der Waals surface area contributed by atoms with E-state index in [9.17, 15) is 9.90 Å². The molecule has 0 fully saturated rings. The highest BCUT2D eigenvalue weighted by atomic mass is 35.5. The average Bonchev–Trinajstić information content (AvgIpc) is 2.66. The van der Waals surface area contributed by atoms with Gasteiger partial charge in [-0.05, 0) is 44.4 Å². The highest BCUT2D eigenvalue weighted by molar-refractivity contribution is 6.31. The van der Waals surface area contributed by atoms with Gasteiger partial charge in [-0.1, -0.05) is 17.7 Å². The summed E-state index contributed by atoms with van der Waals surface area (Å²) in [5, 5.41) is 11.0. The maximum atomic E-state index is 11.4. The van der Waals surface area contributed by atoms with E-state index in [1.807, 2.05) is 35.8 Å². The fraction of sp³-hybridized carbons (Fsp3) is 0.357. The maximum absolute atomic E-state index is 11.4. The van der Waals surface area contributed by atoms with Crippen LogP contribution in [0.1, 0.15) is 26.5 Å². The second kappa shape index (κ2) is 4.32. The van der Waals surface area contributed by atoms with Gasteiger partial charge in [0.15, 0.2) is 0 Å². The summed E-state index contributed by atoms with van der Waals surface area (Å²) in [6.45, 7) is 6.16. The van der Waals surface area contributed by atoms with Gasteiger partial charge in [-0.25, -0.2) is 0 Å². The SMILES string of the molecule is CCn1c(C(C)(C)C(=O)O)cc2ccc(Cl)cc21. The van der Waals surface area contributed by atoms with Crippen molar-refractivity contribution < 1.29 is 9.90 Å². The van der Waals surface area contributed by atoms with E-state index in [1.54, 1.807) is 13.8 Å². The normalized spacial score (nSPS) is 12.0. The monoisotopic (exact) mass is 265 g/mol. The number of nitrogens with zero attached hydrogens (tertiary/aromatic N) is 1. The van der Waals surface area contributed by atoms with Crippen molar-refractivity contribution in [1.82, 2.24) is 4.57 Å². The second-order valence-corrected chi connectivity index (χ2v) is 5.34. The lowest BCUT2D eigenvalue weighted by atomic mass is 9.89. The number of carboxylic acids is 1. The van der Waals surface area contributed by atoms with Crippen molar-refractivity contribution in [2.75, 3.05) is 0 Å². The van der Waals surface area contributed by atoms with E-state index in [1.165, 1.54) is 0 Å². The number of aryl methyl sites for hydroxylation is 1. The smallest absolute Gasteiger partial charge is 0.315 e. The molecule has 2 aromatic rings. The fourth-order valence-electron chi connectivity index (χ4n) is 2.20. The molecule has 2 rings (SSSR count). The minimum Gasteiger partial charge on any atom is -0.481 e. The lowest BCUT2D eigenvalue weighted by molar-refractivity contribution is -0.142. The quantitative estimate of drug-likeness (QED) is 0.920. The number of aromatic nitrogens is 1. The van der Waals surface area contributed by atoms with Crippen LogP contribution in [-0.4, -0.2) is 15.6 Å². The van der Waals surface area contributed by atoms with Gasteiger partial charge in [0.05, 0.1) is 0 Å². The first-order valence-corrected chi connectivity index (χ1v) is 6.28. The molecular formula is C14H16ClNO2. The summed E-state index contributed by atoms with van der Waals surface area (Å²) in [4.78, 5) is 11.4. The van der Waals surface area contributed by atoms with Gasteiger partial charge in [0, 0.05) is 22.8 Å². The average molecular weight is 266 g/mol. The summed E-state index contributed by atoms with van der Waals surface area (Å²) in [5.41, 5.74) is 0.866. The molecule has 0 aliphatic rings. The van der Waals surface area contributed by atoms with Gasteiger partial charge in [0.2, 0.25) is 0 Å². The number of aliphatic carboxylic acids is 1. The largest absolute Gasteiger partial charge is 0.481 e. The number of carboxylic acid groups (broad SMARTS) is 1. The first-order chi connectivity index (χ1) is 8.37. The third-order valence-corrected chi connectivity index (χ3v) is 3.59. The maximum Gasteiger partial charge on any atom is 0.315 e. The topological polar surface area (TPSA) is 42.2 Å². The Hall–Kier alpha value is -1.48. The predicted molar refractivity (Wildman–Crippen MR) is 73.3 cm³/mol. The molecule has 0 spiro atoms. The molecule has 0 aliphatic heterocycles. The third-order valence-electron chi connectivity index (χ3n) is 3.36. The molecule has 3 nitrogen and oxygen atoms in total. The molecule has 18 heavy (non-hydrogen) atoms. The van der Waals surface area contributed by atoms with E-state index in [4.69, 9.17) is 11.6 Å². The van der Waals surface area contributed by atoms with Gasteiger partial charge >= 0.3 is 5.97 Å². The Labute approximate surface area is 111 Å². The van der Waals surface area contributed by atoms with Crippen LogP contribution < -0.4 is 0 Å². The van der Waals surface area contributed by atoms with Gasteiger partial charge in [-0.15, -0.1) is 0 Å². The summed E-state index contributed by atoms with van der Waals surface area (Å²) >= 11 is 6.00. The molecule has 0 aliphatic carbocycles. The van der Waals surface area contributed by atoms with Gasteiger partial charge in [-0.3, -0.25) is 4.79 Å². The van der Waals surface area contributed by atoms with Crippen molar-refractivity contribution in [3.8, 4) is 0 Å². The minimum absolute atomic E-state index is 0.662. The molecule has 0 saturated heterocycles. The number of hydrogen-bond acceptors (Lipinski definition) is 1. The van der Waals surface area contributed by atoms with Crippen molar-refractivity contribution >= 4 is 28.5 Å². The third kappa shape index (κ3) is 1.89. The van der Waals surface area contributed by atoms with Crippen molar-refractivity contribution in [3.05, 3.63) is 35.0 Å². The summed E-state index contributed by atoms with van der Waals surface area (Å²) in [6.07, 6.45) is 0. The molecule has 4 heteroatoms. The van der Waals surface area contributed by atoms with Crippen LogP contribution in [-0.2, 0) is 16.8 Å². The van der Waals surface area contributed by atoms with Crippen LogP contribution in [0, 0.1) is 0 Å². The Morgan fingerprint density at radius 3 is 2.61 bits per heavy atom. The number of benzene rings is 1. The molecule has 0 atom stereocenters. The molecule has 0 radical (unpaired) electrons. The van der Waals surface area contributed by atoms with Crippen LogP contribution in [0.3, 0.4) is 0 Å². The molecule has 0 amide bonds. The summed E-state index contributed by atoms with van der Waals surface area (Å²) in [5.74, 6) is -0.828. The van der Waals surface area contributed by atoms with E-state index < -0.39 is 11.4 Å².